The molecule has 3 rings (SSSR count). The molecule has 0 aliphatic carbocycles. The number of carbonyl (C=O) groups excluding carboxylic acids is 2. The minimum absolute atomic E-state index is 0.0133. The number of hydrogen-bond donors (Lipinski definition) is 2. The highest BCUT2D eigenvalue weighted by molar-refractivity contribution is 5.89. The Hall–Kier alpha value is -1.10. The van der Waals surface area contributed by atoms with Gasteiger partial charge in [0.1, 0.15) is 0 Å². The van der Waals surface area contributed by atoms with Crippen molar-refractivity contribution in [1.29, 1.82) is 0 Å². The summed E-state index contributed by atoms with van der Waals surface area (Å²) in [5.41, 5.74) is 0. The zero-order valence-corrected chi connectivity index (χ0v) is 9.24. The van der Waals surface area contributed by atoms with Gasteiger partial charge in [-0.2, -0.15) is 0 Å². The highest BCUT2D eigenvalue weighted by atomic mass is 16.2. The number of amides is 2. The predicted molar refractivity (Wildman–Crippen MR) is 57.5 cm³/mol. The van der Waals surface area contributed by atoms with Gasteiger partial charge in [-0.3, -0.25) is 9.59 Å². The summed E-state index contributed by atoms with van der Waals surface area (Å²) < 4.78 is 0. The largest absolute Gasteiger partial charge is 0.355 e. The zero-order chi connectivity index (χ0) is 11.1. The normalized spacial score (nSPS) is 37.6. The van der Waals surface area contributed by atoms with E-state index in [1.165, 1.54) is 0 Å². The minimum atomic E-state index is -0.112. The third kappa shape index (κ3) is 1.59. The molecule has 2 N–H and O–H groups in total. The van der Waals surface area contributed by atoms with Crippen LogP contribution in [0.25, 0.3) is 0 Å². The molecule has 2 amide bonds. The fourth-order valence-corrected chi connectivity index (χ4v) is 3.07. The van der Waals surface area contributed by atoms with Crippen molar-refractivity contribution in [3.8, 4) is 0 Å². The van der Waals surface area contributed by atoms with E-state index >= 15 is 0 Å². The van der Waals surface area contributed by atoms with Gasteiger partial charge in [-0.1, -0.05) is 0 Å². The van der Waals surface area contributed by atoms with Crippen molar-refractivity contribution in [2.45, 2.75) is 6.42 Å². The molecular weight excluding hydrogens is 206 g/mol. The van der Waals surface area contributed by atoms with Crippen molar-refractivity contribution < 1.29 is 9.59 Å². The van der Waals surface area contributed by atoms with Gasteiger partial charge in [0, 0.05) is 39.1 Å². The van der Waals surface area contributed by atoms with Crippen LogP contribution in [0.15, 0.2) is 0 Å². The van der Waals surface area contributed by atoms with Crippen LogP contribution in [0.2, 0.25) is 0 Å². The lowest BCUT2D eigenvalue weighted by Crippen LogP contribution is -2.37. The Labute approximate surface area is 94.6 Å². The molecule has 0 spiro atoms. The molecule has 0 saturated carbocycles. The lowest BCUT2D eigenvalue weighted by atomic mass is 10.0. The Balaban J connectivity index is 1.62. The maximum Gasteiger partial charge on any atom is 0.228 e. The molecule has 3 aliphatic rings. The Bertz CT molecular complexity index is 319. The summed E-state index contributed by atoms with van der Waals surface area (Å²) in [5.74, 6) is 1.34. The topological polar surface area (TPSA) is 61.4 Å². The SMILES string of the molecule is O=C1CC(C(=O)N2CC3CNCC3C2)CN1. The standard InChI is InChI=1S/C11H17N3O2/c15-10-1-7(4-13-10)11(16)14-5-8-2-12-3-9(8)6-14/h7-9,12H,1-6H2,(H,13,15). The molecule has 0 aromatic rings. The first kappa shape index (κ1) is 10.1. The molecule has 5 heteroatoms. The van der Waals surface area contributed by atoms with E-state index < -0.39 is 0 Å². The number of carbonyl (C=O) groups is 2. The fourth-order valence-electron chi connectivity index (χ4n) is 3.07. The third-order valence-corrected chi connectivity index (χ3v) is 4.03. The van der Waals surface area contributed by atoms with Gasteiger partial charge in [0.15, 0.2) is 0 Å². The van der Waals surface area contributed by atoms with Crippen LogP contribution in [0.5, 0.6) is 0 Å². The maximum atomic E-state index is 12.1. The number of nitrogens with one attached hydrogen (secondary N) is 2. The lowest BCUT2D eigenvalue weighted by Gasteiger charge is -2.20. The summed E-state index contributed by atoms with van der Waals surface area (Å²) in [6.45, 7) is 4.36. The maximum absolute atomic E-state index is 12.1. The number of rotatable bonds is 1. The van der Waals surface area contributed by atoms with E-state index in [-0.39, 0.29) is 17.7 Å². The first-order valence-electron chi connectivity index (χ1n) is 6.00. The smallest absolute Gasteiger partial charge is 0.228 e. The Morgan fingerprint density at radius 2 is 1.88 bits per heavy atom. The number of likely N-dealkylation sites (tertiary alicyclic amines) is 1. The molecule has 0 aromatic heterocycles. The van der Waals surface area contributed by atoms with Gasteiger partial charge in [-0.15, -0.1) is 0 Å². The van der Waals surface area contributed by atoms with Gasteiger partial charge in [0.25, 0.3) is 0 Å². The Morgan fingerprint density at radius 1 is 1.19 bits per heavy atom. The van der Waals surface area contributed by atoms with Crippen LogP contribution >= 0.6 is 0 Å². The summed E-state index contributed by atoms with van der Waals surface area (Å²) >= 11 is 0. The molecular formula is C11H17N3O2. The molecule has 0 radical (unpaired) electrons. The Morgan fingerprint density at radius 3 is 2.44 bits per heavy atom. The summed E-state index contributed by atoms with van der Waals surface area (Å²) in [7, 11) is 0. The summed E-state index contributed by atoms with van der Waals surface area (Å²) in [5, 5.41) is 6.08. The van der Waals surface area contributed by atoms with Gasteiger partial charge in [0.2, 0.25) is 11.8 Å². The van der Waals surface area contributed by atoms with E-state index in [2.05, 4.69) is 10.6 Å². The monoisotopic (exact) mass is 223 g/mol. The molecule has 3 aliphatic heterocycles. The third-order valence-electron chi connectivity index (χ3n) is 4.03. The fraction of sp³-hybridized carbons (Fsp3) is 0.818. The lowest BCUT2D eigenvalue weighted by molar-refractivity contribution is -0.135. The molecule has 16 heavy (non-hydrogen) atoms. The first-order valence-corrected chi connectivity index (χ1v) is 6.00. The minimum Gasteiger partial charge on any atom is -0.355 e. The van der Waals surface area contributed by atoms with Crippen molar-refractivity contribution in [3.63, 3.8) is 0 Å². The van der Waals surface area contributed by atoms with Gasteiger partial charge < -0.3 is 15.5 Å². The highest BCUT2D eigenvalue weighted by Gasteiger charge is 2.41. The van der Waals surface area contributed by atoms with Gasteiger partial charge in [0.05, 0.1) is 5.92 Å². The van der Waals surface area contributed by atoms with Crippen LogP contribution in [0.1, 0.15) is 6.42 Å². The second-order valence-electron chi connectivity index (χ2n) is 5.13. The molecule has 3 heterocycles. The second kappa shape index (κ2) is 3.73. The number of hydrogen-bond acceptors (Lipinski definition) is 3. The number of fused-ring (bicyclic) bond motifs is 1. The van der Waals surface area contributed by atoms with Crippen LogP contribution in [-0.2, 0) is 9.59 Å². The Kier molecular flexibility index (Phi) is 2.35. The molecule has 3 unspecified atom stereocenters. The van der Waals surface area contributed by atoms with Gasteiger partial charge in [-0.25, -0.2) is 0 Å². The quantitative estimate of drug-likeness (QED) is 0.587. The van der Waals surface area contributed by atoms with Crippen LogP contribution < -0.4 is 10.6 Å². The van der Waals surface area contributed by atoms with Crippen LogP contribution in [0.4, 0.5) is 0 Å². The number of nitrogens with zero attached hydrogens (tertiary/aromatic N) is 1. The van der Waals surface area contributed by atoms with Crippen molar-refractivity contribution in [3.05, 3.63) is 0 Å². The molecule has 5 nitrogen and oxygen atoms in total. The molecule has 3 saturated heterocycles. The molecule has 0 bridgehead atoms. The van der Waals surface area contributed by atoms with Crippen molar-refractivity contribution in [1.82, 2.24) is 15.5 Å². The zero-order valence-electron chi connectivity index (χ0n) is 9.24. The van der Waals surface area contributed by atoms with E-state index in [1.807, 2.05) is 4.90 Å². The van der Waals surface area contributed by atoms with Crippen LogP contribution in [0.3, 0.4) is 0 Å². The van der Waals surface area contributed by atoms with E-state index in [0.29, 0.717) is 24.8 Å². The molecule has 3 fully saturated rings. The summed E-state index contributed by atoms with van der Waals surface area (Å²) in [6.07, 6.45) is 0.378. The second-order valence-corrected chi connectivity index (χ2v) is 5.13. The van der Waals surface area contributed by atoms with E-state index in [0.717, 1.165) is 26.2 Å². The highest BCUT2D eigenvalue weighted by Crippen LogP contribution is 2.28. The van der Waals surface area contributed by atoms with Crippen molar-refractivity contribution in [2.75, 3.05) is 32.7 Å². The van der Waals surface area contributed by atoms with E-state index in [1.54, 1.807) is 0 Å². The average Bonchev–Trinajstić information content (AvgIpc) is 2.89. The predicted octanol–water partition coefficient (Wildman–Crippen LogP) is -1.20. The summed E-state index contributed by atoms with van der Waals surface area (Å²) in [4.78, 5) is 25.2. The van der Waals surface area contributed by atoms with E-state index in [4.69, 9.17) is 0 Å². The van der Waals surface area contributed by atoms with Crippen LogP contribution in [0, 0.1) is 17.8 Å². The van der Waals surface area contributed by atoms with E-state index in [9.17, 15) is 9.59 Å². The average molecular weight is 223 g/mol. The van der Waals surface area contributed by atoms with Crippen molar-refractivity contribution >= 4 is 11.8 Å². The molecule has 0 aromatic carbocycles. The van der Waals surface area contributed by atoms with Gasteiger partial charge >= 0.3 is 0 Å². The first-order chi connectivity index (χ1) is 7.74. The molecule has 88 valence electrons. The molecule has 3 atom stereocenters. The van der Waals surface area contributed by atoms with Crippen LogP contribution in [-0.4, -0.2) is 49.4 Å². The summed E-state index contributed by atoms with van der Waals surface area (Å²) in [6, 6.07) is 0. The van der Waals surface area contributed by atoms with Crippen molar-refractivity contribution in [2.24, 2.45) is 17.8 Å². The van der Waals surface area contributed by atoms with Gasteiger partial charge in [-0.05, 0) is 11.8 Å².